The Balaban J connectivity index is 1.41. The van der Waals surface area contributed by atoms with E-state index in [1.807, 2.05) is 0 Å². The zero-order valence-corrected chi connectivity index (χ0v) is 44.3. The molecule has 0 aliphatic heterocycles. The molecule has 0 unspecified atom stereocenters. The Hall–Kier alpha value is -4.30. The minimum atomic E-state index is -0.0374. The molecule has 0 saturated carbocycles. The molecule has 0 radical (unpaired) electrons. The van der Waals surface area contributed by atoms with E-state index in [1.54, 1.807) is 0 Å². The van der Waals surface area contributed by atoms with Gasteiger partial charge in [-0.1, -0.05) is 149 Å². The van der Waals surface area contributed by atoms with Crippen LogP contribution >= 0.6 is 0 Å². The van der Waals surface area contributed by atoms with Crippen molar-refractivity contribution in [3.8, 4) is 0 Å². The molecular weight excluding hydrogens is 785 g/mol. The summed E-state index contributed by atoms with van der Waals surface area (Å²) in [4.78, 5) is 5.16. The highest BCUT2D eigenvalue weighted by Gasteiger charge is 2.41. The maximum absolute atomic E-state index is 2.59. The minimum absolute atomic E-state index is 0.0156. The van der Waals surface area contributed by atoms with Gasteiger partial charge in [0.05, 0.1) is 0 Å². The fraction of sp³-hybridized carbons (Fsp3) is 0.524. The molecule has 0 aromatic heterocycles. The summed E-state index contributed by atoms with van der Waals surface area (Å²) in [7, 11) is 0. The fourth-order valence-corrected chi connectivity index (χ4v) is 12.0. The van der Waals surface area contributed by atoms with E-state index in [0.29, 0.717) is 0 Å². The van der Waals surface area contributed by atoms with Crippen LogP contribution in [0.5, 0.6) is 0 Å². The standard InChI is InChI=1S/C63H84N2/c1-41-34-46(64(42-20-24-48(56(2,3)4)52(37-42)57(5,6)7)43-21-25-49-53(38-43)61(14,15)31-28-58(49,8)9)36-47(35-41)65(44-22-26-50-54(39-44)62(16,17)32-29-59(50,10)11)45-23-27-51-55(40-45)63(18,19)33-30-60(51,12)13/h20-27,34-40H,28-33H2,1-19H3. The quantitative estimate of drug-likeness (QED) is 0.168. The van der Waals surface area contributed by atoms with Gasteiger partial charge in [0.15, 0.2) is 0 Å². The first-order valence-corrected chi connectivity index (χ1v) is 25.1. The van der Waals surface area contributed by atoms with Crippen LogP contribution in [0.15, 0.2) is 91.0 Å². The molecule has 65 heavy (non-hydrogen) atoms. The Kier molecular flexibility index (Phi) is 11.2. The molecule has 0 bridgehead atoms. The van der Waals surface area contributed by atoms with Crippen LogP contribution in [0.1, 0.15) is 213 Å². The molecule has 346 valence electrons. The smallest absolute Gasteiger partial charge is 0.0485 e. The molecular formula is C63H84N2. The zero-order chi connectivity index (χ0) is 47.7. The Bertz CT molecular complexity index is 2370. The van der Waals surface area contributed by atoms with Gasteiger partial charge in [-0.05, 0) is 206 Å². The number of benzene rings is 5. The molecule has 0 atom stereocenters. The first-order valence-electron chi connectivity index (χ1n) is 25.1. The van der Waals surface area contributed by atoms with E-state index in [-0.39, 0.29) is 43.3 Å². The van der Waals surface area contributed by atoms with Crippen LogP contribution in [0.3, 0.4) is 0 Å². The predicted octanol–water partition coefficient (Wildman–Crippen LogP) is 18.6. The SMILES string of the molecule is Cc1cc(N(c2ccc(C(C)(C)C)c(C(C)(C)C)c2)c2ccc3c(c2)C(C)(C)CCC3(C)C)cc(N(c2ccc3c(c2)C(C)(C)CCC3(C)C)c2ccc3c(c2)C(C)(C)CCC3(C)C)c1. The Morgan fingerprint density at radius 1 is 0.308 bits per heavy atom. The van der Waals surface area contributed by atoms with Crippen molar-refractivity contribution in [1.29, 1.82) is 0 Å². The summed E-state index contributed by atoms with van der Waals surface area (Å²) in [6.07, 6.45) is 7.15. The Morgan fingerprint density at radius 2 is 0.585 bits per heavy atom. The molecule has 0 amide bonds. The van der Waals surface area contributed by atoms with E-state index in [9.17, 15) is 0 Å². The predicted molar refractivity (Wildman–Crippen MR) is 284 cm³/mol. The van der Waals surface area contributed by atoms with E-state index >= 15 is 0 Å². The third kappa shape index (κ3) is 8.52. The topological polar surface area (TPSA) is 6.48 Å². The summed E-state index contributed by atoms with van der Waals surface area (Å²) in [6, 6.07) is 37.0. The average Bonchev–Trinajstić information content (AvgIpc) is 3.20. The van der Waals surface area contributed by atoms with Crippen LogP contribution in [0, 0.1) is 6.92 Å². The lowest BCUT2D eigenvalue weighted by Gasteiger charge is -2.43. The lowest BCUT2D eigenvalue weighted by molar-refractivity contribution is 0.332. The molecule has 0 fully saturated rings. The van der Waals surface area contributed by atoms with Gasteiger partial charge in [0.25, 0.3) is 0 Å². The number of anilines is 6. The van der Waals surface area contributed by atoms with E-state index in [2.05, 4.69) is 232 Å². The maximum Gasteiger partial charge on any atom is 0.0485 e. The van der Waals surface area contributed by atoms with Crippen molar-refractivity contribution in [3.05, 3.63) is 141 Å². The monoisotopic (exact) mass is 869 g/mol. The maximum atomic E-state index is 2.59. The summed E-state index contributed by atoms with van der Waals surface area (Å²) in [5, 5.41) is 0. The molecule has 3 aliphatic carbocycles. The van der Waals surface area contributed by atoms with Gasteiger partial charge in [-0.3, -0.25) is 0 Å². The van der Waals surface area contributed by atoms with Crippen molar-refractivity contribution in [3.63, 3.8) is 0 Å². The normalized spacial score (nSPS) is 20.0. The van der Waals surface area contributed by atoms with E-state index in [4.69, 9.17) is 0 Å². The van der Waals surface area contributed by atoms with Gasteiger partial charge in [0, 0.05) is 34.1 Å². The van der Waals surface area contributed by atoms with E-state index in [0.717, 1.165) is 0 Å². The Labute approximate surface area is 396 Å². The third-order valence-electron chi connectivity index (χ3n) is 16.7. The van der Waals surface area contributed by atoms with E-state index < -0.39 is 0 Å². The van der Waals surface area contributed by atoms with Gasteiger partial charge in [0.2, 0.25) is 0 Å². The number of rotatable bonds is 6. The first kappa shape index (κ1) is 47.2. The van der Waals surface area contributed by atoms with Gasteiger partial charge < -0.3 is 9.80 Å². The van der Waals surface area contributed by atoms with Crippen LogP contribution in [0.4, 0.5) is 34.1 Å². The molecule has 0 N–H and O–H groups in total. The largest absolute Gasteiger partial charge is 0.310 e. The number of hydrogen-bond acceptors (Lipinski definition) is 2. The van der Waals surface area contributed by atoms with Crippen LogP contribution < -0.4 is 9.80 Å². The molecule has 2 nitrogen and oxygen atoms in total. The molecule has 0 heterocycles. The number of aryl methyl sites for hydroxylation is 1. The summed E-state index contributed by atoms with van der Waals surface area (Å²) >= 11 is 0. The number of hydrogen-bond donors (Lipinski definition) is 0. The fourth-order valence-electron chi connectivity index (χ4n) is 12.0. The molecule has 3 aliphatic rings. The van der Waals surface area contributed by atoms with Crippen molar-refractivity contribution in [2.45, 2.75) is 213 Å². The van der Waals surface area contributed by atoms with Crippen LogP contribution in [-0.4, -0.2) is 0 Å². The van der Waals surface area contributed by atoms with E-state index in [1.165, 1.54) is 123 Å². The van der Waals surface area contributed by atoms with Gasteiger partial charge in [-0.25, -0.2) is 0 Å². The zero-order valence-electron chi connectivity index (χ0n) is 44.3. The highest BCUT2D eigenvalue weighted by molar-refractivity contribution is 5.85. The highest BCUT2D eigenvalue weighted by Crippen LogP contribution is 2.53. The van der Waals surface area contributed by atoms with Gasteiger partial charge in [-0.15, -0.1) is 0 Å². The van der Waals surface area contributed by atoms with Crippen molar-refractivity contribution >= 4 is 34.1 Å². The van der Waals surface area contributed by atoms with Crippen LogP contribution in [0.2, 0.25) is 0 Å². The highest BCUT2D eigenvalue weighted by atomic mass is 15.2. The molecule has 8 rings (SSSR count). The van der Waals surface area contributed by atoms with Crippen molar-refractivity contribution in [1.82, 2.24) is 0 Å². The van der Waals surface area contributed by atoms with Gasteiger partial charge >= 0.3 is 0 Å². The van der Waals surface area contributed by atoms with Crippen LogP contribution in [0.25, 0.3) is 0 Å². The summed E-state index contributed by atoms with van der Waals surface area (Å²) in [5.74, 6) is 0. The van der Waals surface area contributed by atoms with Crippen molar-refractivity contribution in [2.75, 3.05) is 9.80 Å². The second-order valence-corrected chi connectivity index (χ2v) is 26.9. The summed E-state index contributed by atoms with van der Waals surface area (Å²) in [5.41, 5.74) is 20.9. The Morgan fingerprint density at radius 3 is 0.892 bits per heavy atom. The summed E-state index contributed by atoms with van der Waals surface area (Å²) in [6.45, 7) is 45.9. The number of fused-ring (bicyclic) bond motifs is 3. The number of nitrogens with zero attached hydrogens (tertiary/aromatic N) is 2. The molecule has 5 aromatic rings. The van der Waals surface area contributed by atoms with Crippen molar-refractivity contribution < 1.29 is 0 Å². The summed E-state index contributed by atoms with van der Waals surface area (Å²) < 4.78 is 0. The minimum Gasteiger partial charge on any atom is -0.310 e. The second-order valence-electron chi connectivity index (χ2n) is 26.9. The average molecular weight is 869 g/mol. The van der Waals surface area contributed by atoms with Gasteiger partial charge in [0.1, 0.15) is 0 Å². The molecule has 0 spiro atoms. The molecule has 2 heteroatoms. The van der Waals surface area contributed by atoms with Crippen molar-refractivity contribution in [2.24, 2.45) is 0 Å². The lowest BCUT2D eigenvalue weighted by atomic mass is 9.63. The molecule has 5 aromatic carbocycles. The molecule has 0 saturated heterocycles. The van der Waals surface area contributed by atoms with Crippen LogP contribution in [-0.2, 0) is 43.3 Å². The third-order valence-corrected chi connectivity index (χ3v) is 16.7. The lowest BCUT2D eigenvalue weighted by Crippen LogP contribution is -2.34. The second kappa shape index (κ2) is 15.4. The first-order chi connectivity index (χ1) is 29.8. The van der Waals surface area contributed by atoms with Gasteiger partial charge in [-0.2, -0.15) is 0 Å².